The summed E-state index contributed by atoms with van der Waals surface area (Å²) in [5, 5.41) is 0. The Hall–Kier alpha value is -0.900. The Morgan fingerprint density at radius 2 is 0.667 bits per heavy atom. The maximum Gasteiger partial charge on any atom is 0.103 e. The van der Waals surface area contributed by atoms with E-state index in [0.717, 1.165) is 0 Å². The zero-order valence-corrected chi connectivity index (χ0v) is 18.1. The number of nitrogens with one attached hydrogen (secondary N) is 3. The molecule has 3 saturated heterocycles. The van der Waals surface area contributed by atoms with Crippen molar-refractivity contribution in [1.29, 1.82) is 0 Å². The van der Waals surface area contributed by atoms with Gasteiger partial charge in [-0.1, -0.05) is 0 Å². The highest BCUT2D eigenvalue weighted by atomic mass is 15.1. The van der Waals surface area contributed by atoms with Crippen molar-refractivity contribution in [3.63, 3.8) is 0 Å². The van der Waals surface area contributed by atoms with Crippen LogP contribution in [0.5, 0.6) is 0 Å². The lowest BCUT2D eigenvalue weighted by Crippen LogP contribution is -3.09. The molecule has 0 spiro atoms. The third kappa shape index (κ3) is 4.26. The van der Waals surface area contributed by atoms with Crippen LogP contribution in [0.4, 0.5) is 0 Å². The van der Waals surface area contributed by atoms with Crippen molar-refractivity contribution in [2.24, 2.45) is 0 Å². The van der Waals surface area contributed by atoms with E-state index in [1.807, 2.05) is 14.7 Å². The second kappa shape index (κ2) is 8.63. The Labute approximate surface area is 166 Å². The summed E-state index contributed by atoms with van der Waals surface area (Å²) in [7, 11) is 0. The summed E-state index contributed by atoms with van der Waals surface area (Å²) in [5.74, 6) is 0. The molecular formula is C24H42N3+3. The van der Waals surface area contributed by atoms with Gasteiger partial charge in [-0.2, -0.15) is 0 Å². The Bertz CT molecular complexity index is 537. The van der Waals surface area contributed by atoms with Crippen molar-refractivity contribution in [2.75, 3.05) is 39.3 Å². The SMILES string of the molecule is Cc1c(C[NH+]2CCCC2)c(C)c(C[NH+]2CCCC2)c(C)c1C[NH+]1CCCC1. The molecule has 3 N–H and O–H groups in total. The average Bonchev–Trinajstić information content (AvgIpc) is 3.43. The van der Waals surface area contributed by atoms with Gasteiger partial charge < -0.3 is 14.7 Å². The third-order valence-corrected chi connectivity index (χ3v) is 7.93. The molecule has 0 aliphatic carbocycles. The van der Waals surface area contributed by atoms with Crippen LogP contribution in [0.2, 0.25) is 0 Å². The van der Waals surface area contributed by atoms with Gasteiger partial charge in [-0.3, -0.25) is 0 Å². The molecule has 0 atom stereocenters. The predicted octanol–water partition coefficient (Wildman–Crippen LogP) is 0.148. The number of quaternary nitrogens is 3. The molecule has 3 heterocycles. The lowest BCUT2D eigenvalue weighted by atomic mass is 9.87. The first-order chi connectivity index (χ1) is 13.1. The molecule has 3 aliphatic heterocycles. The van der Waals surface area contributed by atoms with Crippen molar-refractivity contribution in [2.45, 2.75) is 78.9 Å². The van der Waals surface area contributed by atoms with Crippen molar-refractivity contribution >= 4 is 0 Å². The van der Waals surface area contributed by atoms with Crippen LogP contribution < -0.4 is 14.7 Å². The van der Waals surface area contributed by atoms with E-state index in [0.29, 0.717) is 0 Å². The molecule has 0 radical (unpaired) electrons. The molecule has 1 aromatic rings. The molecule has 3 fully saturated rings. The summed E-state index contributed by atoms with van der Waals surface area (Å²) in [6.45, 7) is 19.4. The van der Waals surface area contributed by atoms with Gasteiger partial charge in [-0.05, 0) is 37.5 Å². The second-order valence-corrected chi connectivity index (χ2v) is 9.71. The Morgan fingerprint density at radius 1 is 0.444 bits per heavy atom. The minimum atomic E-state index is 1.27. The summed E-state index contributed by atoms with van der Waals surface area (Å²) in [5.41, 5.74) is 10.1. The van der Waals surface area contributed by atoms with Crippen molar-refractivity contribution in [3.05, 3.63) is 33.4 Å². The molecule has 4 rings (SSSR count). The fourth-order valence-corrected chi connectivity index (χ4v) is 6.09. The Kier molecular flexibility index (Phi) is 6.21. The lowest BCUT2D eigenvalue weighted by molar-refractivity contribution is -0.902. The van der Waals surface area contributed by atoms with Crippen LogP contribution in [-0.4, -0.2) is 39.3 Å². The zero-order chi connectivity index (χ0) is 18.8. The standard InChI is InChI=1S/C24H39N3/c1-19-22(16-25-10-4-5-11-25)20(2)24(18-27-14-8-9-15-27)21(3)23(19)17-26-12-6-7-13-26/h4-18H2,1-3H3/p+3. The normalized spacial score (nSPS) is 22.3. The van der Waals surface area contributed by atoms with Gasteiger partial charge in [0.1, 0.15) is 19.6 Å². The van der Waals surface area contributed by atoms with Crippen LogP contribution >= 0.6 is 0 Å². The first kappa shape index (κ1) is 19.4. The molecule has 3 aliphatic rings. The van der Waals surface area contributed by atoms with Gasteiger partial charge in [-0.15, -0.1) is 0 Å². The number of hydrogen-bond acceptors (Lipinski definition) is 0. The monoisotopic (exact) mass is 372 g/mol. The summed E-state index contributed by atoms with van der Waals surface area (Å²) < 4.78 is 0. The molecule has 27 heavy (non-hydrogen) atoms. The third-order valence-electron chi connectivity index (χ3n) is 7.93. The van der Waals surface area contributed by atoms with Crippen molar-refractivity contribution in [3.8, 4) is 0 Å². The zero-order valence-electron chi connectivity index (χ0n) is 18.1. The van der Waals surface area contributed by atoms with E-state index in [4.69, 9.17) is 0 Å². The molecule has 3 nitrogen and oxygen atoms in total. The van der Waals surface area contributed by atoms with E-state index in [9.17, 15) is 0 Å². The molecule has 0 saturated carbocycles. The van der Waals surface area contributed by atoms with Gasteiger partial charge in [0.25, 0.3) is 0 Å². The largest absolute Gasteiger partial charge is 0.331 e. The highest BCUT2D eigenvalue weighted by Crippen LogP contribution is 2.27. The molecule has 0 aromatic heterocycles. The highest BCUT2D eigenvalue weighted by molar-refractivity contribution is 5.49. The van der Waals surface area contributed by atoms with Crippen LogP contribution in [0.3, 0.4) is 0 Å². The van der Waals surface area contributed by atoms with Crippen LogP contribution in [0.25, 0.3) is 0 Å². The number of rotatable bonds is 6. The van der Waals surface area contributed by atoms with Crippen molar-refractivity contribution < 1.29 is 14.7 Å². The minimum absolute atomic E-state index is 1.27. The van der Waals surface area contributed by atoms with Crippen molar-refractivity contribution in [1.82, 2.24) is 0 Å². The molecule has 0 unspecified atom stereocenters. The first-order valence-corrected chi connectivity index (χ1v) is 11.7. The smallest absolute Gasteiger partial charge is 0.103 e. The fraction of sp³-hybridized carbons (Fsp3) is 0.750. The highest BCUT2D eigenvalue weighted by Gasteiger charge is 2.27. The number of hydrogen-bond donors (Lipinski definition) is 3. The fourth-order valence-electron chi connectivity index (χ4n) is 6.09. The van der Waals surface area contributed by atoms with Gasteiger partial charge in [0.2, 0.25) is 0 Å². The minimum Gasteiger partial charge on any atom is -0.331 e. The Morgan fingerprint density at radius 3 is 0.889 bits per heavy atom. The predicted molar refractivity (Wildman–Crippen MR) is 112 cm³/mol. The van der Waals surface area contributed by atoms with E-state index >= 15 is 0 Å². The average molecular weight is 373 g/mol. The van der Waals surface area contributed by atoms with Gasteiger partial charge in [0, 0.05) is 55.2 Å². The van der Waals surface area contributed by atoms with Crippen LogP contribution in [0, 0.1) is 20.8 Å². The first-order valence-electron chi connectivity index (χ1n) is 11.7. The number of likely N-dealkylation sites (tertiary alicyclic amines) is 3. The van der Waals surface area contributed by atoms with E-state index in [-0.39, 0.29) is 0 Å². The van der Waals surface area contributed by atoms with Gasteiger partial charge in [0.15, 0.2) is 0 Å². The molecule has 0 amide bonds. The molecule has 3 heteroatoms. The molecule has 1 aromatic carbocycles. The quantitative estimate of drug-likeness (QED) is 0.629. The van der Waals surface area contributed by atoms with Crippen LogP contribution in [-0.2, 0) is 19.6 Å². The molecular weight excluding hydrogens is 330 g/mol. The Balaban J connectivity index is 1.68. The van der Waals surface area contributed by atoms with Gasteiger partial charge in [-0.25, -0.2) is 0 Å². The maximum atomic E-state index is 2.45. The van der Waals surface area contributed by atoms with E-state index in [1.165, 1.54) is 97.4 Å². The van der Waals surface area contributed by atoms with Crippen LogP contribution in [0.1, 0.15) is 71.9 Å². The summed E-state index contributed by atoms with van der Waals surface area (Å²) in [6.07, 6.45) is 8.55. The summed E-state index contributed by atoms with van der Waals surface area (Å²) in [4.78, 5) is 5.47. The van der Waals surface area contributed by atoms with Gasteiger partial charge >= 0.3 is 0 Å². The maximum absolute atomic E-state index is 2.45. The summed E-state index contributed by atoms with van der Waals surface area (Å²) >= 11 is 0. The topological polar surface area (TPSA) is 13.3 Å². The number of benzene rings is 1. The van der Waals surface area contributed by atoms with E-state index in [2.05, 4.69) is 20.8 Å². The van der Waals surface area contributed by atoms with E-state index in [1.54, 1.807) is 33.4 Å². The molecule has 150 valence electrons. The van der Waals surface area contributed by atoms with E-state index < -0.39 is 0 Å². The molecule has 0 bridgehead atoms. The van der Waals surface area contributed by atoms with Crippen LogP contribution in [0.15, 0.2) is 0 Å². The van der Waals surface area contributed by atoms with Gasteiger partial charge in [0.05, 0.1) is 39.3 Å². The lowest BCUT2D eigenvalue weighted by Gasteiger charge is -2.26. The second-order valence-electron chi connectivity index (χ2n) is 9.71. The summed E-state index contributed by atoms with van der Waals surface area (Å²) in [6, 6.07) is 0.